The molecule has 0 atom stereocenters. The number of hydrogen-bond acceptors (Lipinski definition) is 2. The highest BCUT2D eigenvalue weighted by Gasteiger charge is 2.15. The number of carbonyl (C=O) groups is 1. The van der Waals surface area contributed by atoms with Crippen molar-refractivity contribution in [2.75, 3.05) is 0 Å². The summed E-state index contributed by atoms with van der Waals surface area (Å²) < 4.78 is 0. The molecule has 0 aromatic rings. The number of hydrazone groups is 1. The van der Waals surface area contributed by atoms with Gasteiger partial charge in [-0.2, -0.15) is 5.10 Å². The smallest absolute Gasteiger partial charge is 0.332 e. The zero-order valence-corrected chi connectivity index (χ0v) is 8.90. The second-order valence-electron chi connectivity index (χ2n) is 3.25. The van der Waals surface area contributed by atoms with E-state index in [0.29, 0.717) is 0 Å². The molecule has 0 aromatic heterocycles. The molecule has 1 saturated carbocycles. The normalized spacial score (nSPS) is 23.4. The molecule has 3 N–H and O–H groups in total. The van der Waals surface area contributed by atoms with Crippen LogP contribution < -0.4 is 11.2 Å². The molecule has 0 radical (unpaired) electrons. The lowest BCUT2D eigenvalue weighted by Crippen LogP contribution is -2.26. The van der Waals surface area contributed by atoms with Crippen LogP contribution in [0.15, 0.2) is 15.7 Å². The van der Waals surface area contributed by atoms with E-state index in [2.05, 4.69) is 10.5 Å². The number of rotatable bonds is 1. The Morgan fingerprint density at radius 3 is 2.71 bits per heavy atom. The van der Waals surface area contributed by atoms with Crippen LogP contribution >= 0.6 is 11.6 Å². The monoisotopic (exact) mass is 215 g/mol. The molecular formula is C9H14ClN3O. The minimum Gasteiger partial charge on any atom is -0.350 e. The molecule has 1 aliphatic rings. The van der Waals surface area contributed by atoms with Gasteiger partial charge in [-0.15, -0.1) is 0 Å². The van der Waals surface area contributed by atoms with Gasteiger partial charge in [-0.3, -0.25) is 0 Å². The Morgan fingerprint density at radius 2 is 2.14 bits per heavy atom. The topological polar surface area (TPSA) is 67.5 Å². The Kier molecular flexibility index (Phi) is 3.95. The Morgan fingerprint density at radius 1 is 1.50 bits per heavy atom. The summed E-state index contributed by atoms with van der Waals surface area (Å²) in [6.45, 7) is 1.84. The molecule has 2 amide bonds. The van der Waals surface area contributed by atoms with E-state index >= 15 is 0 Å². The van der Waals surface area contributed by atoms with Gasteiger partial charge in [-0.25, -0.2) is 10.2 Å². The lowest BCUT2D eigenvalue weighted by atomic mass is 9.93. The second kappa shape index (κ2) is 5.00. The van der Waals surface area contributed by atoms with Crippen LogP contribution in [0.4, 0.5) is 4.79 Å². The molecule has 0 saturated heterocycles. The van der Waals surface area contributed by atoms with Crippen molar-refractivity contribution in [1.82, 2.24) is 5.43 Å². The Labute approximate surface area is 88.2 Å². The molecule has 1 fully saturated rings. The van der Waals surface area contributed by atoms with Crippen molar-refractivity contribution in [3.8, 4) is 0 Å². The number of amides is 2. The average Bonchev–Trinajstić information content (AvgIpc) is 2.15. The maximum Gasteiger partial charge on any atom is 0.332 e. The fourth-order valence-electron chi connectivity index (χ4n) is 1.51. The number of urea groups is 1. The summed E-state index contributed by atoms with van der Waals surface area (Å²) in [5.74, 6) is 0. The van der Waals surface area contributed by atoms with Gasteiger partial charge in [0.1, 0.15) is 0 Å². The minimum atomic E-state index is -0.644. The summed E-state index contributed by atoms with van der Waals surface area (Å²) in [6.07, 6.45) is 3.97. The van der Waals surface area contributed by atoms with E-state index in [1.807, 2.05) is 6.92 Å². The first-order valence-corrected chi connectivity index (χ1v) is 4.96. The van der Waals surface area contributed by atoms with E-state index in [9.17, 15) is 4.79 Å². The zero-order valence-electron chi connectivity index (χ0n) is 8.14. The van der Waals surface area contributed by atoms with Gasteiger partial charge in [-0.1, -0.05) is 11.6 Å². The molecule has 0 spiro atoms. The van der Waals surface area contributed by atoms with Crippen LogP contribution in [0, 0.1) is 0 Å². The Balaban J connectivity index is 2.78. The summed E-state index contributed by atoms with van der Waals surface area (Å²) in [7, 11) is 0. The summed E-state index contributed by atoms with van der Waals surface area (Å²) in [5.41, 5.74) is 9.04. The average molecular weight is 216 g/mol. The fourth-order valence-corrected chi connectivity index (χ4v) is 1.71. The van der Waals surface area contributed by atoms with Crippen molar-refractivity contribution in [3.05, 3.63) is 10.6 Å². The third-order valence-corrected chi connectivity index (χ3v) is 2.38. The van der Waals surface area contributed by atoms with Crippen LogP contribution in [0.3, 0.4) is 0 Å². The van der Waals surface area contributed by atoms with Crippen LogP contribution in [0.25, 0.3) is 0 Å². The molecule has 4 nitrogen and oxygen atoms in total. The number of nitrogens with two attached hydrogens (primary N) is 1. The van der Waals surface area contributed by atoms with Crippen molar-refractivity contribution in [2.45, 2.75) is 32.6 Å². The van der Waals surface area contributed by atoms with Crippen LogP contribution in [0.1, 0.15) is 32.6 Å². The Hall–Kier alpha value is -1.03. The highest BCUT2D eigenvalue weighted by Crippen LogP contribution is 2.25. The zero-order chi connectivity index (χ0) is 10.6. The quantitative estimate of drug-likeness (QED) is 0.647. The molecule has 78 valence electrons. The molecular weight excluding hydrogens is 202 g/mol. The van der Waals surface area contributed by atoms with E-state index in [0.717, 1.165) is 42.0 Å². The minimum absolute atomic E-state index is 0.644. The van der Waals surface area contributed by atoms with E-state index in [-0.39, 0.29) is 0 Å². The lowest BCUT2D eigenvalue weighted by molar-refractivity contribution is 0.249. The number of nitrogens with zero attached hydrogens (tertiary/aromatic N) is 1. The van der Waals surface area contributed by atoms with Crippen molar-refractivity contribution >= 4 is 23.3 Å². The third-order valence-electron chi connectivity index (χ3n) is 2.16. The number of allylic oxidation sites excluding steroid dienone is 2. The predicted octanol–water partition coefficient (Wildman–Crippen LogP) is 2.10. The van der Waals surface area contributed by atoms with Gasteiger partial charge in [0, 0.05) is 5.03 Å². The van der Waals surface area contributed by atoms with E-state index in [1.165, 1.54) is 0 Å². The van der Waals surface area contributed by atoms with Crippen molar-refractivity contribution in [3.63, 3.8) is 0 Å². The van der Waals surface area contributed by atoms with Gasteiger partial charge in [-0.05, 0) is 38.2 Å². The largest absolute Gasteiger partial charge is 0.350 e. The molecule has 0 heterocycles. The first-order valence-electron chi connectivity index (χ1n) is 4.59. The molecule has 0 unspecified atom stereocenters. The highest BCUT2D eigenvalue weighted by molar-refractivity contribution is 6.32. The number of carbonyl (C=O) groups excluding carboxylic acids is 1. The summed E-state index contributed by atoms with van der Waals surface area (Å²) in [4.78, 5) is 10.5. The van der Waals surface area contributed by atoms with Gasteiger partial charge >= 0.3 is 6.03 Å². The van der Waals surface area contributed by atoms with Crippen molar-refractivity contribution < 1.29 is 4.79 Å². The first kappa shape index (κ1) is 11.0. The number of halogens is 1. The maximum absolute atomic E-state index is 10.5. The van der Waals surface area contributed by atoms with Crippen LogP contribution in [-0.4, -0.2) is 11.7 Å². The van der Waals surface area contributed by atoms with Gasteiger partial charge in [0.2, 0.25) is 0 Å². The molecule has 14 heavy (non-hydrogen) atoms. The fraction of sp³-hybridized carbons (Fsp3) is 0.556. The van der Waals surface area contributed by atoms with Crippen molar-refractivity contribution in [2.24, 2.45) is 10.8 Å². The second-order valence-corrected chi connectivity index (χ2v) is 3.82. The van der Waals surface area contributed by atoms with Gasteiger partial charge in [0.25, 0.3) is 0 Å². The van der Waals surface area contributed by atoms with E-state index in [1.54, 1.807) is 0 Å². The molecule has 5 heteroatoms. The summed E-state index contributed by atoms with van der Waals surface area (Å²) in [6, 6.07) is -0.644. The van der Waals surface area contributed by atoms with Crippen LogP contribution in [0.2, 0.25) is 0 Å². The van der Waals surface area contributed by atoms with E-state index < -0.39 is 6.03 Å². The molecule has 1 rings (SSSR count). The molecule has 0 aliphatic heterocycles. The predicted molar refractivity (Wildman–Crippen MR) is 57.2 cm³/mol. The molecule has 1 aliphatic carbocycles. The maximum atomic E-state index is 10.5. The highest BCUT2D eigenvalue weighted by atomic mass is 35.5. The Bertz CT molecular complexity index is 292. The lowest BCUT2D eigenvalue weighted by Gasteiger charge is -2.17. The van der Waals surface area contributed by atoms with Gasteiger partial charge in [0.15, 0.2) is 0 Å². The van der Waals surface area contributed by atoms with Crippen molar-refractivity contribution in [1.29, 1.82) is 0 Å². The first-order chi connectivity index (χ1) is 6.61. The number of nitrogens with one attached hydrogen (secondary N) is 1. The number of primary amides is 1. The van der Waals surface area contributed by atoms with E-state index in [4.69, 9.17) is 17.3 Å². The third kappa shape index (κ3) is 3.03. The SMILES string of the molecule is C/C(Cl)=C1\CCCC\C1=N/NC(N)=O. The van der Waals surface area contributed by atoms with Crippen LogP contribution in [-0.2, 0) is 0 Å². The number of hydrogen-bond donors (Lipinski definition) is 2. The summed E-state index contributed by atoms with van der Waals surface area (Å²) in [5, 5.41) is 4.68. The summed E-state index contributed by atoms with van der Waals surface area (Å²) >= 11 is 5.92. The van der Waals surface area contributed by atoms with Gasteiger partial charge in [0.05, 0.1) is 5.71 Å². The van der Waals surface area contributed by atoms with Gasteiger partial charge < -0.3 is 5.73 Å². The molecule has 0 aromatic carbocycles. The molecule has 0 bridgehead atoms. The van der Waals surface area contributed by atoms with Crippen LogP contribution in [0.5, 0.6) is 0 Å². The standard InChI is InChI=1S/C9H14ClN3O/c1-6(10)7-4-2-3-5-8(7)12-13-9(11)14/h2-5H2,1H3,(H3,11,13,14)/b7-6-,12-8+.